The largest absolute Gasteiger partial charge is 0.497 e. The van der Waals surface area contributed by atoms with Gasteiger partial charge in [-0.1, -0.05) is 30.3 Å². The first kappa shape index (κ1) is 20.5. The second-order valence-electron chi connectivity index (χ2n) is 8.84. The highest BCUT2D eigenvalue weighted by atomic mass is 35.5. The van der Waals surface area contributed by atoms with E-state index in [2.05, 4.69) is 65.0 Å². The highest BCUT2D eigenvalue weighted by Gasteiger charge is 2.43. The van der Waals surface area contributed by atoms with Gasteiger partial charge in [-0.15, -0.1) is 18.2 Å². The van der Waals surface area contributed by atoms with E-state index in [9.17, 15) is 0 Å². The molecule has 3 aromatic rings. The van der Waals surface area contributed by atoms with Crippen LogP contribution in [0.2, 0.25) is 0 Å². The van der Waals surface area contributed by atoms with Gasteiger partial charge < -0.3 is 4.74 Å². The lowest BCUT2D eigenvalue weighted by atomic mass is 9.69. The smallest absolute Gasteiger partial charge is 0.119 e. The number of hydrogen-bond acceptors (Lipinski definition) is 3. The lowest BCUT2D eigenvalue weighted by Gasteiger charge is -2.52. The Bertz CT molecular complexity index is 1100. The molecule has 3 saturated heterocycles. The van der Waals surface area contributed by atoms with Crippen molar-refractivity contribution in [1.82, 2.24) is 9.88 Å². The quantitative estimate of drug-likeness (QED) is 0.352. The molecule has 3 aliphatic rings. The van der Waals surface area contributed by atoms with Crippen LogP contribution >= 0.6 is 11.6 Å². The van der Waals surface area contributed by atoms with Gasteiger partial charge in [-0.25, -0.2) is 0 Å². The summed E-state index contributed by atoms with van der Waals surface area (Å²) >= 11 is 6.43. The monoisotopic (exact) mass is 432 g/mol. The standard InChI is InChI=1S/C27H29ClN2O/c1-3-18-17-30-13-11-19(18)14-26(30)27(22-7-5-4-6-20(22)16-28)23-10-12-29-25-9-8-21(31-2)15-24(23)25/h3-10,12,15,18-19,26-27H,1,11,13-14,16-17H2,2H3/t18-,19-,26+,27+/m0/s1. The Morgan fingerprint density at radius 3 is 2.84 bits per heavy atom. The third kappa shape index (κ3) is 3.64. The summed E-state index contributed by atoms with van der Waals surface area (Å²) in [6.07, 6.45) is 6.57. The molecular weight excluding hydrogens is 404 g/mol. The van der Waals surface area contributed by atoms with Crippen molar-refractivity contribution in [2.75, 3.05) is 20.2 Å². The van der Waals surface area contributed by atoms with Gasteiger partial charge in [-0.2, -0.15) is 0 Å². The Morgan fingerprint density at radius 1 is 1.23 bits per heavy atom. The van der Waals surface area contributed by atoms with Crippen molar-refractivity contribution in [3.63, 3.8) is 0 Å². The van der Waals surface area contributed by atoms with Crippen LogP contribution in [0.5, 0.6) is 5.75 Å². The van der Waals surface area contributed by atoms with Gasteiger partial charge in [0.15, 0.2) is 0 Å². The average Bonchev–Trinajstić information content (AvgIpc) is 2.84. The minimum absolute atomic E-state index is 0.237. The summed E-state index contributed by atoms with van der Waals surface area (Å²) < 4.78 is 5.56. The van der Waals surface area contributed by atoms with E-state index in [1.54, 1.807) is 7.11 Å². The fourth-order valence-electron chi connectivity index (χ4n) is 5.81. The predicted octanol–water partition coefficient (Wildman–Crippen LogP) is 6.01. The Kier molecular flexibility index (Phi) is 5.73. The summed E-state index contributed by atoms with van der Waals surface area (Å²) in [4.78, 5) is 7.33. The fourth-order valence-corrected chi connectivity index (χ4v) is 6.05. The van der Waals surface area contributed by atoms with Gasteiger partial charge in [0.05, 0.1) is 12.6 Å². The fraction of sp³-hybridized carbons (Fsp3) is 0.370. The van der Waals surface area contributed by atoms with Crippen LogP contribution in [0.25, 0.3) is 10.9 Å². The number of methoxy groups -OCH3 is 1. The molecule has 0 radical (unpaired) electrons. The van der Waals surface area contributed by atoms with Crippen LogP contribution in [0.1, 0.15) is 35.4 Å². The van der Waals surface area contributed by atoms with Crippen LogP contribution in [-0.4, -0.2) is 36.1 Å². The highest BCUT2D eigenvalue weighted by Crippen LogP contribution is 2.46. The first-order chi connectivity index (χ1) is 15.2. The molecule has 160 valence electrons. The van der Waals surface area contributed by atoms with Crippen molar-refractivity contribution in [3.05, 3.63) is 84.1 Å². The maximum Gasteiger partial charge on any atom is 0.119 e. The molecule has 3 aliphatic heterocycles. The predicted molar refractivity (Wildman–Crippen MR) is 128 cm³/mol. The zero-order valence-electron chi connectivity index (χ0n) is 18.0. The van der Waals surface area contributed by atoms with Crippen molar-refractivity contribution in [1.29, 1.82) is 0 Å². The molecule has 0 N–H and O–H groups in total. The molecule has 2 bridgehead atoms. The lowest BCUT2D eigenvalue weighted by Crippen LogP contribution is -2.55. The number of pyridine rings is 1. The molecule has 4 heteroatoms. The number of fused-ring (bicyclic) bond motifs is 4. The number of rotatable bonds is 6. The summed E-state index contributed by atoms with van der Waals surface area (Å²) in [5, 5.41) is 1.17. The highest BCUT2D eigenvalue weighted by molar-refractivity contribution is 6.17. The zero-order chi connectivity index (χ0) is 21.4. The van der Waals surface area contributed by atoms with Crippen LogP contribution in [0.4, 0.5) is 0 Å². The van der Waals surface area contributed by atoms with E-state index in [-0.39, 0.29) is 5.92 Å². The number of piperidine rings is 3. The van der Waals surface area contributed by atoms with Gasteiger partial charge in [0, 0.05) is 36.0 Å². The van der Waals surface area contributed by atoms with E-state index >= 15 is 0 Å². The SMILES string of the molecule is C=C[C@H]1CN2CC[C@H]1C[C@@H]2[C@H](c1ccccc1CCl)c1ccnc2ccc(OC)cc12. The van der Waals surface area contributed by atoms with E-state index in [1.165, 1.54) is 34.9 Å². The Hall–Kier alpha value is -2.36. The molecular formula is C27H29ClN2O. The van der Waals surface area contributed by atoms with Crippen molar-refractivity contribution < 1.29 is 4.74 Å². The Morgan fingerprint density at radius 2 is 2.10 bits per heavy atom. The van der Waals surface area contributed by atoms with Crippen molar-refractivity contribution in [2.24, 2.45) is 11.8 Å². The molecule has 6 rings (SSSR count). The van der Waals surface area contributed by atoms with Crippen LogP contribution in [0.3, 0.4) is 0 Å². The molecule has 0 saturated carbocycles. The van der Waals surface area contributed by atoms with E-state index in [4.69, 9.17) is 16.3 Å². The number of hydrogen-bond donors (Lipinski definition) is 0. The van der Waals surface area contributed by atoms with Crippen molar-refractivity contribution >= 4 is 22.5 Å². The average molecular weight is 433 g/mol. The molecule has 4 heterocycles. The van der Waals surface area contributed by atoms with Gasteiger partial charge >= 0.3 is 0 Å². The molecule has 3 fully saturated rings. The van der Waals surface area contributed by atoms with Crippen LogP contribution in [-0.2, 0) is 5.88 Å². The summed E-state index contributed by atoms with van der Waals surface area (Å²) in [5.41, 5.74) is 4.87. The molecule has 2 aromatic carbocycles. The first-order valence-corrected chi connectivity index (χ1v) is 11.7. The second kappa shape index (κ2) is 8.64. The third-order valence-electron chi connectivity index (χ3n) is 7.39. The van der Waals surface area contributed by atoms with Gasteiger partial charge in [0.25, 0.3) is 0 Å². The summed E-state index contributed by atoms with van der Waals surface area (Å²) in [5.74, 6) is 2.93. The van der Waals surface area contributed by atoms with Gasteiger partial charge in [-0.05, 0) is 72.2 Å². The van der Waals surface area contributed by atoms with Crippen LogP contribution in [0, 0.1) is 11.8 Å². The molecule has 1 aromatic heterocycles. The maximum absolute atomic E-state index is 6.43. The molecule has 5 atom stereocenters. The zero-order valence-corrected chi connectivity index (χ0v) is 18.8. The van der Waals surface area contributed by atoms with E-state index in [0.717, 1.165) is 24.4 Å². The molecule has 31 heavy (non-hydrogen) atoms. The summed E-state index contributed by atoms with van der Waals surface area (Å²) in [6, 6.07) is 17.5. The minimum atomic E-state index is 0.237. The maximum atomic E-state index is 6.43. The molecule has 0 amide bonds. The first-order valence-electron chi connectivity index (χ1n) is 11.2. The Balaban J connectivity index is 1.69. The Labute approximate surface area is 189 Å². The normalized spacial score (nSPS) is 26.0. The summed E-state index contributed by atoms with van der Waals surface area (Å²) in [6.45, 7) is 6.37. The number of nitrogens with zero attached hydrogens (tertiary/aromatic N) is 2. The molecule has 0 aliphatic carbocycles. The molecule has 3 nitrogen and oxygen atoms in total. The number of halogens is 1. The molecule has 0 spiro atoms. The lowest BCUT2D eigenvalue weighted by molar-refractivity contribution is 0.0121. The van der Waals surface area contributed by atoms with Crippen LogP contribution < -0.4 is 4.74 Å². The van der Waals surface area contributed by atoms with E-state index in [0.29, 0.717) is 23.8 Å². The summed E-state index contributed by atoms with van der Waals surface area (Å²) in [7, 11) is 1.72. The number of alkyl halides is 1. The number of benzene rings is 2. The number of aromatic nitrogens is 1. The van der Waals surface area contributed by atoms with Gasteiger partial charge in [0.1, 0.15) is 5.75 Å². The molecule has 1 unspecified atom stereocenters. The minimum Gasteiger partial charge on any atom is -0.497 e. The second-order valence-corrected chi connectivity index (χ2v) is 9.11. The third-order valence-corrected chi connectivity index (χ3v) is 7.68. The van der Waals surface area contributed by atoms with Crippen LogP contribution in [0.15, 0.2) is 67.4 Å². The van der Waals surface area contributed by atoms with E-state index in [1.807, 2.05) is 12.3 Å². The van der Waals surface area contributed by atoms with Gasteiger partial charge in [-0.3, -0.25) is 9.88 Å². The van der Waals surface area contributed by atoms with E-state index < -0.39 is 0 Å². The van der Waals surface area contributed by atoms with Crippen molar-refractivity contribution in [3.8, 4) is 5.75 Å². The number of ether oxygens (including phenoxy) is 1. The topological polar surface area (TPSA) is 25.4 Å². The van der Waals surface area contributed by atoms with Crippen molar-refractivity contribution in [2.45, 2.75) is 30.7 Å². The van der Waals surface area contributed by atoms with Gasteiger partial charge in [0.2, 0.25) is 0 Å².